The molecule has 0 spiro atoms. The quantitative estimate of drug-likeness (QED) is 0.799. The second-order valence-electron chi connectivity index (χ2n) is 3.87. The van der Waals surface area contributed by atoms with Crippen molar-refractivity contribution in [2.45, 2.75) is 25.7 Å². The van der Waals surface area contributed by atoms with E-state index in [1.54, 1.807) is 19.1 Å². The first-order valence-corrected chi connectivity index (χ1v) is 5.74. The summed E-state index contributed by atoms with van der Waals surface area (Å²) in [6.45, 7) is 3.97. The molecule has 1 atom stereocenters. The first-order chi connectivity index (χ1) is 8.10. The molecule has 1 rings (SSSR count). The Labute approximate surface area is 101 Å². The SMILES string of the molecule is CCOC(=O)C(CC)(CN)c1cccc(F)c1. The summed E-state index contributed by atoms with van der Waals surface area (Å²) in [5, 5.41) is 0. The van der Waals surface area contributed by atoms with Gasteiger partial charge in [0.2, 0.25) is 0 Å². The van der Waals surface area contributed by atoms with E-state index in [1.165, 1.54) is 12.1 Å². The van der Waals surface area contributed by atoms with Crippen molar-refractivity contribution in [2.24, 2.45) is 5.73 Å². The third kappa shape index (κ3) is 2.64. The van der Waals surface area contributed by atoms with E-state index in [4.69, 9.17) is 10.5 Å². The molecule has 4 heteroatoms. The molecule has 0 saturated carbocycles. The molecular formula is C13H18FNO2. The molecule has 1 aromatic carbocycles. The fourth-order valence-corrected chi connectivity index (χ4v) is 1.87. The highest BCUT2D eigenvalue weighted by Gasteiger charge is 2.38. The van der Waals surface area contributed by atoms with Crippen LogP contribution in [0.2, 0.25) is 0 Å². The van der Waals surface area contributed by atoms with E-state index >= 15 is 0 Å². The van der Waals surface area contributed by atoms with Gasteiger partial charge in [0, 0.05) is 6.54 Å². The van der Waals surface area contributed by atoms with E-state index in [1.807, 2.05) is 6.92 Å². The number of rotatable bonds is 5. The minimum atomic E-state index is -0.946. The van der Waals surface area contributed by atoms with Crippen LogP contribution in [-0.4, -0.2) is 19.1 Å². The maximum atomic E-state index is 13.2. The van der Waals surface area contributed by atoms with Gasteiger partial charge in [-0.3, -0.25) is 4.79 Å². The highest BCUT2D eigenvalue weighted by atomic mass is 19.1. The molecule has 1 unspecified atom stereocenters. The summed E-state index contributed by atoms with van der Waals surface area (Å²) in [6, 6.07) is 5.96. The smallest absolute Gasteiger partial charge is 0.317 e. The van der Waals surface area contributed by atoms with Crippen molar-refractivity contribution in [2.75, 3.05) is 13.2 Å². The number of carbonyl (C=O) groups excluding carboxylic acids is 1. The van der Waals surface area contributed by atoms with Gasteiger partial charge in [-0.05, 0) is 31.0 Å². The summed E-state index contributed by atoms with van der Waals surface area (Å²) >= 11 is 0. The first-order valence-electron chi connectivity index (χ1n) is 5.74. The van der Waals surface area contributed by atoms with Crippen LogP contribution in [0.1, 0.15) is 25.8 Å². The second kappa shape index (κ2) is 5.77. The fraction of sp³-hybridized carbons (Fsp3) is 0.462. The normalized spacial score (nSPS) is 14.1. The largest absolute Gasteiger partial charge is 0.465 e. The molecular weight excluding hydrogens is 221 g/mol. The maximum absolute atomic E-state index is 13.2. The molecule has 0 aliphatic rings. The number of benzene rings is 1. The van der Waals surface area contributed by atoms with E-state index in [-0.39, 0.29) is 19.0 Å². The monoisotopic (exact) mass is 239 g/mol. The summed E-state index contributed by atoms with van der Waals surface area (Å²) < 4.78 is 18.3. The summed E-state index contributed by atoms with van der Waals surface area (Å²) in [5.74, 6) is -0.770. The number of halogens is 1. The van der Waals surface area contributed by atoms with Gasteiger partial charge in [0.1, 0.15) is 11.2 Å². The van der Waals surface area contributed by atoms with Gasteiger partial charge >= 0.3 is 5.97 Å². The average molecular weight is 239 g/mol. The highest BCUT2D eigenvalue weighted by Crippen LogP contribution is 2.29. The first kappa shape index (κ1) is 13.6. The van der Waals surface area contributed by atoms with Crippen LogP contribution in [0, 0.1) is 5.82 Å². The van der Waals surface area contributed by atoms with Gasteiger partial charge < -0.3 is 10.5 Å². The van der Waals surface area contributed by atoms with Crippen LogP contribution in [0.15, 0.2) is 24.3 Å². The molecule has 0 aliphatic heterocycles. The fourth-order valence-electron chi connectivity index (χ4n) is 1.87. The van der Waals surface area contributed by atoms with Crippen LogP contribution in [0.4, 0.5) is 4.39 Å². The van der Waals surface area contributed by atoms with Crippen molar-refractivity contribution < 1.29 is 13.9 Å². The van der Waals surface area contributed by atoms with Crippen molar-refractivity contribution in [1.29, 1.82) is 0 Å². The zero-order valence-corrected chi connectivity index (χ0v) is 10.2. The molecule has 0 fully saturated rings. The van der Waals surface area contributed by atoms with Crippen LogP contribution in [0.25, 0.3) is 0 Å². The van der Waals surface area contributed by atoms with Gasteiger partial charge in [0.15, 0.2) is 0 Å². The van der Waals surface area contributed by atoms with E-state index < -0.39 is 11.4 Å². The number of carbonyl (C=O) groups is 1. The van der Waals surface area contributed by atoms with Crippen LogP contribution in [0.5, 0.6) is 0 Å². The zero-order chi connectivity index (χ0) is 12.9. The topological polar surface area (TPSA) is 52.3 Å². The van der Waals surface area contributed by atoms with Crippen molar-refractivity contribution in [3.63, 3.8) is 0 Å². The van der Waals surface area contributed by atoms with Crippen molar-refractivity contribution in [3.05, 3.63) is 35.6 Å². The zero-order valence-electron chi connectivity index (χ0n) is 10.2. The van der Waals surface area contributed by atoms with Crippen LogP contribution < -0.4 is 5.73 Å². The van der Waals surface area contributed by atoms with Crippen molar-refractivity contribution >= 4 is 5.97 Å². The van der Waals surface area contributed by atoms with Crippen LogP contribution in [-0.2, 0) is 14.9 Å². The van der Waals surface area contributed by atoms with Gasteiger partial charge in [0.05, 0.1) is 6.61 Å². The second-order valence-corrected chi connectivity index (χ2v) is 3.87. The molecule has 0 heterocycles. The van der Waals surface area contributed by atoms with E-state index in [2.05, 4.69) is 0 Å². The van der Waals surface area contributed by atoms with Gasteiger partial charge in [-0.2, -0.15) is 0 Å². The lowest BCUT2D eigenvalue weighted by Gasteiger charge is -2.29. The number of esters is 1. The van der Waals surface area contributed by atoms with Gasteiger partial charge in [-0.15, -0.1) is 0 Å². The Morgan fingerprint density at radius 1 is 1.47 bits per heavy atom. The summed E-state index contributed by atoms with van der Waals surface area (Å²) in [5.41, 5.74) is 5.33. The average Bonchev–Trinajstić information content (AvgIpc) is 2.32. The van der Waals surface area contributed by atoms with E-state index in [0.29, 0.717) is 12.0 Å². The van der Waals surface area contributed by atoms with E-state index in [0.717, 1.165) is 0 Å². The third-order valence-corrected chi connectivity index (χ3v) is 3.00. The number of hydrogen-bond donors (Lipinski definition) is 1. The summed E-state index contributed by atoms with van der Waals surface area (Å²) in [7, 11) is 0. The molecule has 3 nitrogen and oxygen atoms in total. The van der Waals surface area contributed by atoms with Crippen molar-refractivity contribution in [3.8, 4) is 0 Å². The van der Waals surface area contributed by atoms with E-state index in [9.17, 15) is 9.18 Å². The standard InChI is InChI=1S/C13H18FNO2/c1-3-13(9-15,12(16)17-4-2)10-6-5-7-11(14)8-10/h5-8H,3-4,9,15H2,1-2H3. The van der Waals surface area contributed by atoms with Crippen LogP contribution >= 0.6 is 0 Å². The molecule has 0 radical (unpaired) electrons. The highest BCUT2D eigenvalue weighted by molar-refractivity contribution is 5.83. The molecule has 17 heavy (non-hydrogen) atoms. The Balaban J connectivity index is 3.19. The molecule has 0 aromatic heterocycles. The molecule has 0 bridgehead atoms. The maximum Gasteiger partial charge on any atom is 0.317 e. The lowest BCUT2D eigenvalue weighted by molar-refractivity contribution is -0.150. The number of hydrogen-bond acceptors (Lipinski definition) is 3. The Hall–Kier alpha value is -1.42. The molecule has 94 valence electrons. The molecule has 2 N–H and O–H groups in total. The summed E-state index contributed by atoms with van der Waals surface area (Å²) in [4.78, 5) is 12.0. The Kier molecular flexibility index (Phi) is 4.63. The third-order valence-electron chi connectivity index (χ3n) is 3.00. The van der Waals surface area contributed by atoms with Gasteiger partial charge in [-0.1, -0.05) is 19.1 Å². The molecule has 1 aromatic rings. The van der Waals surface area contributed by atoms with Crippen LogP contribution in [0.3, 0.4) is 0 Å². The molecule has 0 aliphatic carbocycles. The molecule has 0 amide bonds. The predicted octanol–water partition coefficient (Wildman–Crippen LogP) is 2.00. The lowest BCUT2D eigenvalue weighted by atomic mass is 9.78. The minimum Gasteiger partial charge on any atom is -0.465 e. The Bertz CT molecular complexity index is 389. The van der Waals surface area contributed by atoms with Gasteiger partial charge in [-0.25, -0.2) is 4.39 Å². The Morgan fingerprint density at radius 2 is 2.18 bits per heavy atom. The van der Waals surface area contributed by atoms with Crippen molar-refractivity contribution in [1.82, 2.24) is 0 Å². The predicted molar refractivity (Wildman–Crippen MR) is 64.1 cm³/mol. The number of nitrogens with two attached hydrogens (primary N) is 1. The Morgan fingerprint density at radius 3 is 2.65 bits per heavy atom. The summed E-state index contributed by atoms with van der Waals surface area (Å²) in [6.07, 6.45) is 0.478. The van der Waals surface area contributed by atoms with Gasteiger partial charge in [0.25, 0.3) is 0 Å². The molecule has 0 saturated heterocycles. The number of ether oxygens (including phenoxy) is 1. The minimum absolute atomic E-state index is 0.103. The lowest BCUT2D eigenvalue weighted by Crippen LogP contribution is -2.43.